The molecule has 104 valence electrons. The van der Waals surface area contributed by atoms with Crippen molar-refractivity contribution >= 4 is 6.29 Å². The van der Waals surface area contributed by atoms with E-state index in [0.29, 0.717) is 5.92 Å². The van der Waals surface area contributed by atoms with E-state index in [9.17, 15) is 4.79 Å². The Balaban J connectivity index is 1.93. The zero-order valence-electron chi connectivity index (χ0n) is 11.9. The Labute approximate surface area is 116 Å². The fourth-order valence-corrected chi connectivity index (χ4v) is 3.12. The zero-order valence-corrected chi connectivity index (χ0v) is 11.9. The molecular formula is C17H25NO. The van der Waals surface area contributed by atoms with Crippen LogP contribution in [0.25, 0.3) is 0 Å². The summed E-state index contributed by atoms with van der Waals surface area (Å²) in [7, 11) is 0. The molecule has 1 heterocycles. The highest BCUT2D eigenvalue weighted by molar-refractivity contribution is 5.49. The second-order valence-electron chi connectivity index (χ2n) is 5.96. The average Bonchev–Trinajstić information content (AvgIpc) is 2.60. The van der Waals surface area contributed by atoms with Crippen molar-refractivity contribution < 1.29 is 4.79 Å². The highest BCUT2D eigenvalue weighted by Gasteiger charge is 2.21. The minimum absolute atomic E-state index is 0.686. The molecule has 19 heavy (non-hydrogen) atoms. The van der Waals surface area contributed by atoms with E-state index in [-0.39, 0.29) is 0 Å². The van der Waals surface area contributed by atoms with Gasteiger partial charge in [-0.2, -0.15) is 0 Å². The predicted molar refractivity (Wildman–Crippen MR) is 78.9 cm³/mol. The molecule has 2 atom stereocenters. The van der Waals surface area contributed by atoms with Crippen LogP contribution in [0.1, 0.15) is 38.2 Å². The molecule has 0 spiro atoms. The Hall–Kier alpha value is -1.15. The lowest BCUT2D eigenvalue weighted by molar-refractivity contribution is -0.108. The summed E-state index contributed by atoms with van der Waals surface area (Å²) in [5.41, 5.74) is 1.39. The van der Waals surface area contributed by atoms with Crippen molar-refractivity contribution in [1.29, 1.82) is 0 Å². The third-order valence-corrected chi connectivity index (χ3v) is 4.13. The number of aldehydes is 1. The van der Waals surface area contributed by atoms with Crippen molar-refractivity contribution in [3.05, 3.63) is 35.9 Å². The first-order valence-electron chi connectivity index (χ1n) is 7.48. The maximum atomic E-state index is 10.6. The molecule has 0 bridgehead atoms. The number of carbonyl (C=O) groups is 1. The van der Waals surface area contributed by atoms with Crippen molar-refractivity contribution in [2.75, 3.05) is 13.1 Å². The second-order valence-corrected chi connectivity index (χ2v) is 5.96. The van der Waals surface area contributed by atoms with Gasteiger partial charge in [0.25, 0.3) is 0 Å². The molecule has 0 saturated carbocycles. The number of carbonyl (C=O) groups excluding carboxylic acids is 1. The highest BCUT2D eigenvalue weighted by Crippen LogP contribution is 2.25. The molecule has 1 saturated heterocycles. The second kappa shape index (κ2) is 7.44. The Kier molecular flexibility index (Phi) is 5.59. The van der Waals surface area contributed by atoms with Crippen LogP contribution in [0.3, 0.4) is 0 Å². The van der Waals surface area contributed by atoms with Gasteiger partial charge in [0, 0.05) is 19.5 Å². The molecule has 1 fully saturated rings. The first-order chi connectivity index (χ1) is 9.28. The SMILES string of the molecule is CC1CCN(Cc2ccccc2)CC(CCC=O)C1. The van der Waals surface area contributed by atoms with Crippen LogP contribution in [0.4, 0.5) is 0 Å². The van der Waals surface area contributed by atoms with Crippen LogP contribution < -0.4 is 0 Å². The van der Waals surface area contributed by atoms with Crippen LogP contribution >= 0.6 is 0 Å². The number of likely N-dealkylation sites (tertiary alicyclic amines) is 1. The van der Waals surface area contributed by atoms with Gasteiger partial charge in [-0.25, -0.2) is 0 Å². The molecule has 0 aliphatic carbocycles. The number of benzene rings is 1. The molecule has 0 amide bonds. The molecule has 1 aliphatic rings. The molecule has 1 aromatic rings. The van der Waals surface area contributed by atoms with Gasteiger partial charge in [-0.05, 0) is 43.2 Å². The highest BCUT2D eigenvalue weighted by atomic mass is 16.1. The summed E-state index contributed by atoms with van der Waals surface area (Å²) >= 11 is 0. The van der Waals surface area contributed by atoms with Crippen LogP contribution in [-0.2, 0) is 11.3 Å². The van der Waals surface area contributed by atoms with Crippen molar-refractivity contribution in [2.24, 2.45) is 11.8 Å². The smallest absolute Gasteiger partial charge is 0.120 e. The Morgan fingerprint density at radius 2 is 2.11 bits per heavy atom. The molecule has 2 nitrogen and oxygen atoms in total. The van der Waals surface area contributed by atoms with E-state index < -0.39 is 0 Å². The molecule has 0 radical (unpaired) electrons. The topological polar surface area (TPSA) is 20.3 Å². The molecule has 0 N–H and O–H groups in total. The lowest BCUT2D eigenvalue weighted by Crippen LogP contribution is -2.28. The van der Waals surface area contributed by atoms with Crippen molar-refractivity contribution in [2.45, 2.75) is 39.2 Å². The average molecular weight is 259 g/mol. The van der Waals surface area contributed by atoms with Crippen LogP contribution in [0.5, 0.6) is 0 Å². The van der Waals surface area contributed by atoms with Gasteiger partial charge in [0.1, 0.15) is 6.29 Å². The van der Waals surface area contributed by atoms with E-state index in [1.165, 1.54) is 24.9 Å². The summed E-state index contributed by atoms with van der Waals surface area (Å²) in [4.78, 5) is 13.1. The van der Waals surface area contributed by atoms with E-state index >= 15 is 0 Å². The van der Waals surface area contributed by atoms with Gasteiger partial charge in [0.2, 0.25) is 0 Å². The lowest BCUT2D eigenvalue weighted by Gasteiger charge is -2.24. The predicted octanol–water partition coefficient (Wildman–Crippen LogP) is 3.51. The normalized spacial score (nSPS) is 24.9. The summed E-state index contributed by atoms with van der Waals surface area (Å²) in [6, 6.07) is 10.7. The van der Waals surface area contributed by atoms with Crippen molar-refractivity contribution in [3.63, 3.8) is 0 Å². The van der Waals surface area contributed by atoms with E-state index in [1.807, 2.05) is 0 Å². The van der Waals surface area contributed by atoms with E-state index in [0.717, 1.165) is 38.1 Å². The van der Waals surface area contributed by atoms with Gasteiger partial charge >= 0.3 is 0 Å². The Bertz CT molecular complexity index is 376. The first-order valence-corrected chi connectivity index (χ1v) is 7.48. The molecule has 1 aliphatic heterocycles. The quantitative estimate of drug-likeness (QED) is 0.754. The van der Waals surface area contributed by atoms with Gasteiger partial charge in [0.05, 0.1) is 0 Å². The van der Waals surface area contributed by atoms with Gasteiger partial charge < -0.3 is 4.79 Å². The maximum Gasteiger partial charge on any atom is 0.120 e. The lowest BCUT2D eigenvalue weighted by atomic mass is 9.92. The summed E-state index contributed by atoms with van der Waals surface area (Å²) in [6.07, 6.45) is 5.40. The standard InChI is InChI=1S/C17H25NO/c1-15-9-10-18(13-16-6-3-2-4-7-16)14-17(12-15)8-5-11-19/h2-4,6-7,11,15,17H,5,8-10,12-14H2,1H3. The minimum Gasteiger partial charge on any atom is -0.303 e. The van der Waals surface area contributed by atoms with Crippen molar-refractivity contribution in [3.8, 4) is 0 Å². The Morgan fingerprint density at radius 3 is 2.84 bits per heavy atom. The van der Waals surface area contributed by atoms with Crippen LogP contribution in [0, 0.1) is 11.8 Å². The summed E-state index contributed by atoms with van der Waals surface area (Å²) < 4.78 is 0. The van der Waals surface area contributed by atoms with Crippen LogP contribution in [0.2, 0.25) is 0 Å². The van der Waals surface area contributed by atoms with Crippen molar-refractivity contribution in [1.82, 2.24) is 4.90 Å². The molecule has 2 rings (SSSR count). The van der Waals surface area contributed by atoms with Crippen LogP contribution in [0.15, 0.2) is 30.3 Å². The third kappa shape index (κ3) is 4.79. The van der Waals surface area contributed by atoms with Gasteiger partial charge in [-0.1, -0.05) is 37.3 Å². The molecule has 2 unspecified atom stereocenters. The number of hydrogen-bond donors (Lipinski definition) is 0. The molecular weight excluding hydrogens is 234 g/mol. The number of rotatable bonds is 5. The Morgan fingerprint density at radius 1 is 1.32 bits per heavy atom. The third-order valence-electron chi connectivity index (χ3n) is 4.13. The molecule has 0 aromatic heterocycles. The largest absolute Gasteiger partial charge is 0.303 e. The summed E-state index contributed by atoms with van der Waals surface area (Å²) in [6.45, 7) is 5.73. The van der Waals surface area contributed by atoms with Gasteiger partial charge in [-0.3, -0.25) is 4.90 Å². The van der Waals surface area contributed by atoms with E-state index in [4.69, 9.17) is 0 Å². The number of hydrogen-bond acceptors (Lipinski definition) is 2. The molecule has 2 heteroatoms. The first kappa shape index (κ1) is 14.3. The van der Waals surface area contributed by atoms with E-state index in [1.54, 1.807) is 0 Å². The maximum absolute atomic E-state index is 10.6. The van der Waals surface area contributed by atoms with Crippen LogP contribution in [-0.4, -0.2) is 24.3 Å². The fraction of sp³-hybridized carbons (Fsp3) is 0.588. The summed E-state index contributed by atoms with van der Waals surface area (Å²) in [5.74, 6) is 1.48. The zero-order chi connectivity index (χ0) is 13.5. The minimum atomic E-state index is 0.686. The van der Waals surface area contributed by atoms with Gasteiger partial charge in [-0.15, -0.1) is 0 Å². The van der Waals surface area contributed by atoms with E-state index in [2.05, 4.69) is 42.2 Å². The monoisotopic (exact) mass is 259 g/mol. The summed E-state index contributed by atoms with van der Waals surface area (Å²) in [5, 5.41) is 0. The number of nitrogens with zero attached hydrogens (tertiary/aromatic N) is 1. The van der Waals surface area contributed by atoms with Gasteiger partial charge in [0.15, 0.2) is 0 Å². The fourth-order valence-electron chi connectivity index (χ4n) is 3.12. The molecule has 1 aromatic carbocycles.